The Morgan fingerprint density at radius 3 is 2.23 bits per heavy atom. The molecule has 0 aliphatic heterocycles. The summed E-state index contributed by atoms with van der Waals surface area (Å²) >= 11 is -0.883. The third-order valence-electron chi connectivity index (χ3n) is 7.00. The highest BCUT2D eigenvalue weighted by Crippen LogP contribution is 2.30. The Bertz CT molecular complexity index is 1560. The third-order valence-corrected chi connectivity index (χ3v) is 8.05. The number of benzene rings is 4. The lowest BCUT2D eigenvalue weighted by Gasteiger charge is -2.26. The van der Waals surface area contributed by atoms with Gasteiger partial charge in [0.05, 0.1) is 0 Å². The number of hydrogen-bond acceptors (Lipinski definition) is 6. The fourth-order valence-electron chi connectivity index (χ4n) is 4.81. The van der Waals surface area contributed by atoms with E-state index in [0.29, 0.717) is 36.5 Å². The summed E-state index contributed by atoms with van der Waals surface area (Å²) in [7, 11) is 0. The Morgan fingerprint density at radius 1 is 0.907 bits per heavy atom. The molecular weight excluding hydrogens is 583 g/mol. The molecule has 8 nitrogen and oxygen atoms in total. The van der Waals surface area contributed by atoms with Gasteiger partial charge in [-0.1, -0.05) is 60.7 Å². The van der Waals surface area contributed by atoms with E-state index in [-0.39, 0.29) is 0 Å². The van der Waals surface area contributed by atoms with E-state index in [9.17, 15) is 23.5 Å². The number of hydrogen-bond donors (Lipinski definition) is 3. The van der Waals surface area contributed by atoms with Gasteiger partial charge in [0.25, 0.3) is 5.91 Å². The number of anilines is 2. The molecule has 1 amide bonds. The molecule has 43 heavy (non-hydrogen) atoms. The topological polar surface area (TPSA) is 122 Å². The van der Waals surface area contributed by atoms with Crippen LogP contribution in [0.15, 0.2) is 97.1 Å². The first kappa shape index (κ1) is 31.8. The Kier molecular flexibility index (Phi) is 11.4. The van der Waals surface area contributed by atoms with Crippen LogP contribution in [0.5, 0.6) is 0 Å². The van der Waals surface area contributed by atoms with Gasteiger partial charge < -0.3 is 24.6 Å². The minimum atomic E-state index is -2.41. The Hall–Kier alpha value is -4.12. The Morgan fingerprint density at radius 2 is 1.58 bits per heavy atom. The van der Waals surface area contributed by atoms with Crippen LogP contribution in [-0.4, -0.2) is 43.8 Å². The van der Waals surface area contributed by atoms with Crippen molar-refractivity contribution in [2.24, 2.45) is 0 Å². The van der Waals surface area contributed by atoms with Crippen LogP contribution in [0, 0.1) is 6.92 Å². The number of aliphatic carboxylic acids is 1. The van der Waals surface area contributed by atoms with Crippen molar-refractivity contribution < 1.29 is 23.5 Å². The molecule has 0 aliphatic rings. The number of nitrogens with zero attached hydrogens (tertiary/aromatic N) is 1. The third kappa shape index (κ3) is 8.93. The number of carbonyl (C=O) groups excluding carboxylic acids is 1. The van der Waals surface area contributed by atoms with E-state index >= 15 is 0 Å². The van der Waals surface area contributed by atoms with Gasteiger partial charge in [-0.2, -0.15) is 11.8 Å². The van der Waals surface area contributed by atoms with Crippen LogP contribution in [0.2, 0.25) is 0 Å². The molecule has 0 spiro atoms. The maximum atomic E-state index is 13.5. The van der Waals surface area contributed by atoms with Crippen molar-refractivity contribution in [1.29, 1.82) is 0 Å². The molecule has 0 radical (unpaired) electrons. The number of carboxylic acid groups (broad SMARTS) is 1. The summed E-state index contributed by atoms with van der Waals surface area (Å²) in [4.78, 5) is 27.5. The normalized spacial score (nSPS) is 12.3. The highest BCUT2D eigenvalue weighted by molar-refractivity contribution is 7.98. The average molecular weight is 617 g/mol. The number of amides is 1. The zero-order valence-corrected chi connectivity index (χ0v) is 25.6. The average Bonchev–Trinajstić information content (AvgIpc) is 2.99. The second-order valence-corrected chi connectivity index (χ2v) is 11.7. The van der Waals surface area contributed by atoms with Crippen LogP contribution in [0.25, 0.3) is 11.1 Å². The zero-order chi connectivity index (χ0) is 30.8. The number of aryl methyl sites for hydroxylation is 1. The van der Waals surface area contributed by atoms with Gasteiger partial charge in [-0.15, -0.1) is 0 Å². The minimum Gasteiger partial charge on any atom is -0.755 e. The van der Waals surface area contributed by atoms with E-state index in [1.54, 1.807) is 18.2 Å². The largest absolute Gasteiger partial charge is 0.755 e. The summed E-state index contributed by atoms with van der Waals surface area (Å²) in [6, 6.07) is 29.6. The summed E-state index contributed by atoms with van der Waals surface area (Å²) in [5, 5.41) is 12.4. The lowest BCUT2D eigenvalue weighted by molar-refractivity contribution is -0.139. The molecule has 0 aromatic heterocycles. The molecule has 0 aliphatic carbocycles. The minimum absolute atomic E-state index is 0.327. The molecular formula is C33H34N3O5S2-. The van der Waals surface area contributed by atoms with E-state index in [0.717, 1.165) is 33.5 Å². The highest BCUT2D eigenvalue weighted by Gasteiger charge is 2.23. The number of carbonyl (C=O) groups is 2. The van der Waals surface area contributed by atoms with E-state index in [2.05, 4.69) is 14.9 Å². The lowest BCUT2D eigenvalue weighted by atomic mass is 9.93. The number of thioether (sulfide) groups is 1. The van der Waals surface area contributed by atoms with Crippen molar-refractivity contribution in [3.05, 3.63) is 119 Å². The van der Waals surface area contributed by atoms with E-state index < -0.39 is 29.2 Å². The molecule has 0 heterocycles. The van der Waals surface area contributed by atoms with Crippen molar-refractivity contribution in [2.75, 3.05) is 21.6 Å². The molecule has 4 rings (SSSR count). The van der Waals surface area contributed by atoms with Gasteiger partial charge in [0.2, 0.25) is 0 Å². The Labute approximate surface area is 258 Å². The summed E-state index contributed by atoms with van der Waals surface area (Å²) < 4.78 is 24.5. The second kappa shape index (κ2) is 15.4. The SMILES string of the molecule is CSCC[C@H](NC(=O)c1ccc(CN(Cc2ccccc2)c2ccc(NS(=O)[O-])cc2)cc1-c1ccccc1C)C(=O)O. The smallest absolute Gasteiger partial charge is 0.326 e. The zero-order valence-electron chi connectivity index (χ0n) is 24.0. The van der Waals surface area contributed by atoms with Gasteiger partial charge in [0, 0.05) is 41.3 Å². The molecule has 4 aromatic carbocycles. The summed E-state index contributed by atoms with van der Waals surface area (Å²) in [5.41, 5.74) is 6.42. The first-order chi connectivity index (χ1) is 20.7. The first-order valence-electron chi connectivity index (χ1n) is 13.7. The van der Waals surface area contributed by atoms with Gasteiger partial charge in [-0.25, -0.2) is 4.79 Å². The van der Waals surface area contributed by atoms with Gasteiger partial charge in [0.1, 0.15) is 6.04 Å². The van der Waals surface area contributed by atoms with Gasteiger partial charge >= 0.3 is 5.97 Å². The predicted octanol–water partition coefficient (Wildman–Crippen LogP) is 6.01. The lowest BCUT2D eigenvalue weighted by Crippen LogP contribution is -2.41. The van der Waals surface area contributed by atoms with Crippen molar-refractivity contribution >= 4 is 46.3 Å². The molecule has 10 heteroatoms. The van der Waals surface area contributed by atoms with Crippen LogP contribution < -0.4 is 14.9 Å². The summed E-state index contributed by atoms with van der Waals surface area (Å²) in [5.74, 6) is -0.877. The van der Waals surface area contributed by atoms with Crippen molar-refractivity contribution in [2.45, 2.75) is 32.5 Å². The molecule has 3 N–H and O–H groups in total. The monoisotopic (exact) mass is 616 g/mol. The predicted molar refractivity (Wildman–Crippen MR) is 174 cm³/mol. The fraction of sp³-hybridized carbons (Fsp3) is 0.212. The second-order valence-electron chi connectivity index (χ2n) is 10.1. The van der Waals surface area contributed by atoms with Crippen LogP contribution in [-0.2, 0) is 29.2 Å². The van der Waals surface area contributed by atoms with E-state index in [1.165, 1.54) is 11.8 Å². The van der Waals surface area contributed by atoms with Crippen molar-refractivity contribution in [3.63, 3.8) is 0 Å². The van der Waals surface area contributed by atoms with Crippen LogP contribution in [0.3, 0.4) is 0 Å². The number of nitrogens with one attached hydrogen (secondary N) is 2. The van der Waals surface area contributed by atoms with E-state index in [1.807, 2.05) is 92.0 Å². The van der Waals surface area contributed by atoms with Crippen molar-refractivity contribution in [3.8, 4) is 11.1 Å². The standard InChI is InChI=1S/C33H35N3O5S2/c1-23-8-6-7-11-28(23)30-20-25(12-17-29(30)32(37)34-31(33(38)39)18-19-42-2)22-36(21-24-9-4-3-5-10-24)27-15-13-26(14-16-27)35-43(40)41/h3-17,20,31,35H,18-19,21-22H2,1-2H3,(H,34,37)(H,38,39)(H,40,41)/p-1/t31-/m0/s1. The van der Waals surface area contributed by atoms with Gasteiger partial charge in [0.15, 0.2) is 0 Å². The molecule has 1 unspecified atom stereocenters. The highest BCUT2D eigenvalue weighted by atomic mass is 32.2. The molecule has 0 saturated carbocycles. The maximum absolute atomic E-state index is 13.5. The molecule has 2 atom stereocenters. The first-order valence-corrected chi connectivity index (χ1v) is 16.2. The molecule has 0 saturated heterocycles. The fourth-order valence-corrected chi connectivity index (χ4v) is 5.61. The van der Waals surface area contributed by atoms with Gasteiger partial charge in [-0.05, 0) is 89.6 Å². The number of carboxylic acids is 1. The summed E-state index contributed by atoms with van der Waals surface area (Å²) in [6.07, 6.45) is 2.23. The van der Waals surface area contributed by atoms with Crippen LogP contribution in [0.4, 0.5) is 11.4 Å². The molecule has 4 aromatic rings. The molecule has 224 valence electrons. The Balaban J connectivity index is 1.71. The molecule has 0 bridgehead atoms. The summed E-state index contributed by atoms with van der Waals surface area (Å²) in [6.45, 7) is 3.08. The van der Waals surface area contributed by atoms with Crippen LogP contribution >= 0.6 is 11.8 Å². The van der Waals surface area contributed by atoms with E-state index in [4.69, 9.17) is 0 Å². The number of rotatable bonds is 14. The quantitative estimate of drug-likeness (QED) is 0.148. The van der Waals surface area contributed by atoms with Crippen LogP contribution in [0.1, 0.15) is 33.5 Å². The van der Waals surface area contributed by atoms with Gasteiger partial charge in [-0.3, -0.25) is 9.00 Å². The maximum Gasteiger partial charge on any atom is 0.326 e. The van der Waals surface area contributed by atoms with Crippen molar-refractivity contribution in [1.82, 2.24) is 5.32 Å². The molecule has 0 fully saturated rings.